The fraction of sp³-hybridized carbons (Fsp3) is 0.316. The monoisotopic (exact) mass is 400 g/mol. The standard InChI is InChI=1S/C19H22F2N2O3.ClH/c1-3-25-17-10-14(6-9-16(17)26-19(20)21)12-23(2)18(24)15-7-4-13(11-22)5-8-15;/h4-10,19H,3,11-12,22H2,1-2H3;1H. The number of carbonyl (C=O) groups excluding carboxylic acids is 1. The minimum Gasteiger partial charge on any atom is -0.490 e. The summed E-state index contributed by atoms with van der Waals surface area (Å²) >= 11 is 0. The molecular weight excluding hydrogens is 378 g/mol. The van der Waals surface area contributed by atoms with Gasteiger partial charge in [0.05, 0.1) is 6.61 Å². The van der Waals surface area contributed by atoms with Crippen molar-refractivity contribution in [3.05, 3.63) is 59.2 Å². The fourth-order valence-corrected chi connectivity index (χ4v) is 2.46. The van der Waals surface area contributed by atoms with Crippen molar-refractivity contribution in [2.75, 3.05) is 13.7 Å². The molecule has 148 valence electrons. The van der Waals surface area contributed by atoms with Crippen LogP contribution in [0.15, 0.2) is 42.5 Å². The molecule has 2 aromatic carbocycles. The van der Waals surface area contributed by atoms with Crippen LogP contribution in [-0.4, -0.2) is 31.1 Å². The largest absolute Gasteiger partial charge is 0.490 e. The number of nitrogens with zero attached hydrogens (tertiary/aromatic N) is 1. The normalized spacial score (nSPS) is 10.3. The summed E-state index contributed by atoms with van der Waals surface area (Å²) in [6.07, 6.45) is 0. The first kappa shape index (κ1) is 22.7. The highest BCUT2D eigenvalue weighted by Gasteiger charge is 2.15. The summed E-state index contributed by atoms with van der Waals surface area (Å²) in [4.78, 5) is 14.0. The molecule has 0 saturated heterocycles. The number of nitrogens with two attached hydrogens (primary N) is 1. The smallest absolute Gasteiger partial charge is 0.387 e. The maximum absolute atomic E-state index is 12.5. The number of benzene rings is 2. The van der Waals surface area contributed by atoms with Gasteiger partial charge in [-0.05, 0) is 42.3 Å². The Hall–Kier alpha value is -2.38. The van der Waals surface area contributed by atoms with E-state index in [0.717, 1.165) is 11.1 Å². The SMILES string of the molecule is CCOc1cc(CN(C)C(=O)c2ccc(CN)cc2)ccc1OC(F)F.Cl. The zero-order valence-electron chi connectivity index (χ0n) is 15.2. The van der Waals surface area contributed by atoms with Gasteiger partial charge in [-0.2, -0.15) is 8.78 Å². The van der Waals surface area contributed by atoms with Crippen LogP contribution >= 0.6 is 12.4 Å². The highest BCUT2D eigenvalue weighted by Crippen LogP contribution is 2.30. The summed E-state index contributed by atoms with van der Waals surface area (Å²) in [6.45, 7) is -0.157. The van der Waals surface area contributed by atoms with Crippen LogP contribution in [0.5, 0.6) is 11.5 Å². The third-order valence-electron chi connectivity index (χ3n) is 3.73. The zero-order valence-corrected chi connectivity index (χ0v) is 16.0. The number of alkyl halides is 2. The summed E-state index contributed by atoms with van der Waals surface area (Å²) in [7, 11) is 1.67. The third-order valence-corrected chi connectivity index (χ3v) is 3.73. The van der Waals surface area contributed by atoms with Gasteiger partial charge < -0.3 is 20.1 Å². The first-order valence-electron chi connectivity index (χ1n) is 8.19. The second-order valence-corrected chi connectivity index (χ2v) is 5.65. The number of rotatable bonds is 8. The summed E-state index contributed by atoms with van der Waals surface area (Å²) < 4.78 is 34.7. The van der Waals surface area contributed by atoms with E-state index < -0.39 is 6.61 Å². The van der Waals surface area contributed by atoms with Crippen LogP contribution in [0.1, 0.15) is 28.4 Å². The van der Waals surface area contributed by atoms with Crippen LogP contribution in [0.4, 0.5) is 8.78 Å². The first-order chi connectivity index (χ1) is 12.4. The van der Waals surface area contributed by atoms with E-state index in [9.17, 15) is 13.6 Å². The van der Waals surface area contributed by atoms with Gasteiger partial charge in [-0.25, -0.2) is 0 Å². The molecule has 0 bridgehead atoms. The van der Waals surface area contributed by atoms with E-state index in [0.29, 0.717) is 25.3 Å². The van der Waals surface area contributed by atoms with Gasteiger partial charge in [0.15, 0.2) is 11.5 Å². The molecular formula is C19H23ClF2N2O3. The Morgan fingerprint density at radius 1 is 1.11 bits per heavy atom. The average molecular weight is 401 g/mol. The van der Waals surface area contributed by atoms with Crippen LogP contribution in [0.25, 0.3) is 0 Å². The molecule has 5 nitrogen and oxygen atoms in total. The fourth-order valence-electron chi connectivity index (χ4n) is 2.46. The van der Waals surface area contributed by atoms with E-state index in [1.165, 1.54) is 11.0 Å². The minimum absolute atomic E-state index is 0. The number of hydrogen-bond donors (Lipinski definition) is 1. The molecule has 0 unspecified atom stereocenters. The Kier molecular flexibility index (Phi) is 8.97. The quantitative estimate of drug-likeness (QED) is 0.731. The van der Waals surface area contributed by atoms with Crippen molar-refractivity contribution < 1.29 is 23.0 Å². The maximum Gasteiger partial charge on any atom is 0.387 e. The van der Waals surface area contributed by atoms with Crippen molar-refractivity contribution in [3.8, 4) is 11.5 Å². The van der Waals surface area contributed by atoms with Gasteiger partial charge in [0.25, 0.3) is 5.91 Å². The second-order valence-electron chi connectivity index (χ2n) is 5.65. The minimum atomic E-state index is -2.93. The van der Waals surface area contributed by atoms with Crippen molar-refractivity contribution >= 4 is 18.3 Å². The maximum atomic E-state index is 12.5. The van der Waals surface area contributed by atoms with Crippen LogP contribution in [-0.2, 0) is 13.1 Å². The van der Waals surface area contributed by atoms with Crippen LogP contribution in [0, 0.1) is 0 Å². The number of halogens is 3. The topological polar surface area (TPSA) is 64.8 Å². The molecule has 0 saturated carbocycles. The van der Waals surface area contributed by atoms with Crippen LogP contribution in [0.3, 0.4) is 0 Å². The Morgan fingerprint density at radius 3 is 2.30 bits per heavy atom. The van der Waals surface area contributed by atoms with Gasteiger partial charge in [-0.3, -0.25) is 4.79 Å². The van der Waals surface area contributed by atoms with Crippen molar-refractivity contribution in [1.29, 1.82) is 0 Å². The summed E-state index contributed by atoms with van der Waals surface area (Å²) in [5, 5.41) is 0. The van der Waals surface area contributed by atoms with Gasteiger partial charge in [0.2, 0.25) is 0 Å². The number of hydrogen-bond acceptors (Lipinski definition) is 4. The molecule has 0 atom stereocenters. The molecule has 0 aliphatic heterocycles. The molecule has 0 radical (unpaired) electrons. The lowest BCUT2D eigenvalue weighted by molar-refractivity contribution is -0.0514. The number of carbonyl (C=O) groups is 1. The molecule has 0 heterocycles. The zero-order chi connectivity index (χ0) is 19.1. The summed E-state index contributed by atoms with van der Waals surface area (Å²) in [6, 6.07) is 11.7. The first-order valence-corrected chi connectivity index (χ1v) is 8.19. The molecule has 2 N–H and O–H groups in total. The molecule has 1 amide bonds. The van der Waals surface area contributed by atoms with Crippen molar-refractivity contribution in [2.45, 2.75) is 26.6 Å². The molecule has 0 aliphatic rings. The number of ether oxygens (including phenoxy) is 2. The summed E-state index contributed by atoms with van der Waals surface area (Å²) in [5.41, 5.74) is 7.79. The lowest BCUT2D eigenvalue weighted by Crippen LogP contribution is -2.26. The summed E-state index contributed by atoms with van der Waals surface area (Å²) in [5.74, 6) is 0.0369. The van der Waals surface area contributed by atoms with Crippen LogP contribution < -0.4 is 15.2 Å². The molecule has 0 aromatic heterocycles. The molecule has 0 aliphatic carbocycles. The Balaban J connectivity index is 0.00000364. The third kappa shape index (κ3) is 6.37. The molecule has 0 fully saturated rings. The van der Waals surface area contributed by atoms with Crippen molar-refractivity contribution in [3.63, 3.8) is 0 Å². The lowest BCUT2D eigenvalue weighted by atomic mass is 10.1. The molecule has 2 rings (SSSR count). The van der Waals surface area contributed by atoms with E-state index in [1.54, 1.807) is 38.2 Å². The van der Waals surface area contributed by atoms with E-state index >= 15 is 0 Å². The molecule has 2 aromatic rings. The predicted octanol–water partition coefficient (Wildman–Crippen LogP) is 3.84. The van der Waals surface area contributed by atoms with Gasteiger partial charge >= 0.3 is 6.61 Å². The van der Waals surface area contributed by atoms with Crippen molar-refractivity contribution in [1.82, 2.24) is 4.90 Å². The van der Waals surface area contributed by atoms with E-state index in [1.807, 2.05) is 12.1 Å². The predicted molar refractivity (Wildman–Crippen MR) is 102 cm³/mol. The molecule has 8 heteroatoms. The molecule has 27 heavy (non-hydrogen) atoms. The Morgan fingerprint density at radius 2 is 1.74 bits per heavy atom. The van der Waals surface area contributed by atoms with E-state index in [4.69, 9.17) is 10.5 Å². The highest BCUT2D eigenvalue weighted by molar-refractivity contribution is 5.94. The van der Waals surface area contributed by atoms with E-state index in [2.05, 4.69) is 4.74 Å². The van der Waals surface area contributed by atoms with Gasteiger partial charge in [0, 0.05) is 25.7 Å². The second kappa shape index (κ2) is 10.7. The Labute approximate surface area is 163 Å². The van der Waals surface area contributed by atoms with E-state index in [-0.39, 0.29) is 29.8 Å². The average Bonchev–Trinajstić information content (AvgIpc) is 2.63. The van der Waals surface area contributed by atoms with Crippen LogP contribution in [0.2, 0.25) is 0 Å². The number of amides is 1. The molecule has 0 spiro atoms. The van der Waals surface area contributed by atoms with Gasteiger partial charge in [0.1, 0.15) is 0 Å². The van der Waals surface area contributed by atoms with Crippen molar-refractivity contribution in [2.24, 2.45) is 5.73 Å². The Bertz CT molecular complexity index is 742. The van der Waals surface area contributed by atoms with Gasteiger partial charge in [-0.1, -0.05) is 18.2 Å². The highest BCUT2D eigenvalue weighted by atomic mass is 35.5. The van der Waals surface area contributed by atoms with Gasteiger partial charge in [-0.15, -0.1) is 12.4 Å². The lowest BCUT2D eigenvalue weighted by Gasteiger charge is -2.19.